The van der Waals surface area contributed by atoms with Crippen molar-refractivity contribution in [2.45, 2.75) is 30.9 Å². The Labute approximate surface area is 197 Å². The van der Waals surface area contributed by atoms with E-state index in [1.807, 2.05) is 12.1 Å². The molecule has 1 fully saturated rings. The monoisotopic (exact) mass is 497 g/mol. The number of carbonyl (C=O) groups excluding carboxylic acids is 2. The molecule has 1 saturated heterocycles. The second kappa shape index (κ2) is 11.1. The lowest BCUT2D eigenvalue weighted by atomic mass is 10.1. The van der Waals surface area contributed by atoms with E-state index in [0.717, 1.165) is 22.0 Å². The number of halogens is 2. The molecule has 0 radical (unpaired) electrons. The molecule has 2 N–H and O–H groups in total. The quantitative estimate of drug-likeness (QED) is 0.569. The van der Waals surface area contributed by atoms with E-state index in [9.17, 15) is 22.4 Å². The van der Waals surface area contributed by atoms with Crippen LogP contribution in [0.15, 0.2) is 47.4 Å². The third-order valence-corrected chi connectivity index (χ3v) is 7.43. The van der Waals surface area contributed by atoms with E-state index < -0.39 is 33.9 Å². The summed E-state index contributed by atoms with van der Waals surface area (Å²) in [6, 6.07) is 10.6. The van der Waals surface area contributed by atoms with Crippen molar-refractivity contribution < 1.29 is 27.1 Å². The van der Waals surface area contributed by atoms with Gasteiger partial charge >= 0.3 is 11.8 Å². The van der Waals surface area contributed by atoms with Crippen LogP contribution in [0.25, 0.3) is 0 Å². The minimum Gasteiger partial charge on any atom is -0.360 e. The molecular weight excluding hydrogens is 473 g/mol. The molecule has 1 aliphatic heterocycles. The maximum Gasteiger partial charge on any atom is 0.309 e. The third-order valence-electron chi connectivity index (χ3n) is 5.13. The summed E-state index contributed by atoms with van der Waals surface area (Å²) in [6.45, 7) is 2.03. The Bertz CT molecular complexity index is 1110. The summed E-state index contributed by atoms with van der Waals surface area (Å²) >= 11 is 5.83. The van der Waals surface area contributed by atoms with Crippen molar-refractivity contribution in [3.8, 4) is 0 Å². The lowest BCUT2D eigenvalue weighted by Crippen LogP contribution is -2.53. The molecule has 0 spiro atoms. The number of nitrogens with one attached hydrogen (secondary N) is 2. The van der Waals surface area contributed by atoms with Crippen LogP contribution in [0.4, 0.5) is 4.39 Å². The summed E-state index contributed by atoms with van der Waals surface area (Å²) in [5, 5.41) is 5.56. The summed E-state index contributed by atoms with van der Waals surface area (Å²) < 4.78 is 46.4. The van der Waals surface area contributed by atoms with E-state index >= 15 is 0 Å². The Kier molecular flexibility index (Phi) is 8.41. The van der Waals surface area contributed by atoms with Crippen LogP contribution in [0.3, 0.4) is 0 Å². The molecule has 0 aromatic heterocycles. The second-order valence-corrected chi connectivity index (χ2v) is 9.84. The van der Waals surface area contributed by atoms with Gasteiger partial charge in [0.25, 0.3) is 0 Å². The highest BCUT2D eigenvalue weighted by Crippen LogP contribution is 2.25. The Balaban J connectivity index is 1.56. The van der Waals surface area contributed by atoms with Gasteiger partial charge in [0.1, 0.15) is 12.0 Å². The number of rotatable bonds is 7. The van der Waals surface area contributed by atoms with E-state index in [4.69, 9.17) is 16.3 Å². The predicted molar refractivity (Wildman–Crippen MR) is 121 cm³/mol. The van der Waals surface area contributed by atoms with Crippen LogP contribution < -0.4 is 10.6 Å². The van der Waals surface area contributed by atoms with Crippen molar-refractivity contribution in [3.63, 3.8) is 0 Å². The minimum atomic E-state index is -3.99. The number of amides is 2. The molecule has 3 rings (SSSR count). The van der Waals surface area contributed by atoms with E-state index in [2.05, 4.69) is 10.6 Å². The Morgan fingerprint density at radius 3 is 2.55 bits per heavy atom. The zero-order valence-corrected chi connectivity index (χ0v) is 19.6. The predicted octanol–water partition coefficient (Wildman–Crippen LogP) is 2.00. The van der Waals surface area contributed by atoms with Crippen molar-refractivity contribution >= 4 is 33.4 Å². The molecule has 2 aromatic rings. The number of sulfonamides is 1. The number of hydrogen-bond acceptors (Lipinski definition) is 5. The minimum absolute atomic E-state index is 0.0364. The normalized spacial score (nSPS) is 16.9. The van der Waals surface area contributed by atoms with Gasteiger partial charge in [-0.3, -0.25) is 9.59 Å². The van der Waals surface area contributed by atoms with Crippen LogP contribution in [0.1, 0.15) is 17.5 Å². The molecule has 33 heavy (non-hydrogen) atoms. The molecule has 1 heterocycles. The number of hydrogen-bond donors (Lipinski definition) is 2. The Morgan fingerprint density at radius 2 is 1.85 bits per heavy atom. The number of benzene rings is 2. The average Bonchev–Trinajstić information content (AvgIpc) is 2.78. The SMILES string of the molecule is Cc1cc(F)ccc1S(=O)(=O)N1CCCOC1CNC(=O)C(=O)NCCc1ccc(Cl)cc1. The van der Waals surface area contributed by atoms with Gasteiger partial charge in [0, 0.05) is 18.1 Å². The zero-order valence-electron chi connectivity index (χ0n) is 18.0. The van der Waals surface area contributed by atoms with Crippen molar-refractivity contribution in [3.05, 3.63) is 64.4 Å². The summed E-state index contributed by atoms with van der Waals surface area (Å²) in [5.74, 6) is -2.26. The molecule has 2 aromatic carbocycles. The third kappa shape index (κ3) is 6.50. The first kappa shape index (κ1) is 25.1. The van der Waals surface area contributed by atoms with Crippen molar-refractivity contribution in [2.24, 2.45) is 0 Å². The standard InChI is InChI=1S/C22H25ClFN3O5S/c1-15-13-18(24)7-8-19(15)33(30,31)27-11-2-12-32-20(27)14-26-22(29)21(28)25-10-9-16-3-5-17(23)6-4-16/h3-8,13,20H,2,9-12,14H2,1H3,(H,25,28)(H,26,29). The van der Waals surface area contributed by atoms with Crippen LogP contribution in [0.5, 0.6) is 0 Å². The van der Waals surface area contributed by atoms with E-state index in [-0.39, 0.29) is 30.1 Å². The Morgan fingerprint density at radius 1 is 1.15 bits per heavy atom. The van der Waals surface area contributed by atoms with Crippen molar-refractivity contribution in [1.82, 2.24) is 14.9 Å². The summed E-state index contributed by atoms with van der Waals surface area (Å²) in [6.07, 6.45) is -0.000837. The zero-order chi connectivity index (χ0) is 24.0. The average molecular weight is 498 g/mol. The summed E-state index contributed by atoms with van der Waals surface area (Å²) in [5.41, 5.74) is 1.22. The van der Waals surface area contributed by atoms with Gasteiger partial charge in [-0.25, -0.2) is 12.8 Å². The molecular formula is C22H25ClFN3O5S. The fourth-order valence-corrected chi connectivity index (χ4v) is 5.34. The first-order valence-corrected chi connectivity index (χ1v) is 12.2. The topological polar surface area (TPSA) is 105 Å². The summed E-state index contributed by atoms with van der Waals surface area (Å²) in [4.78, 5) is 24.2. The van der Waals surface area contributed by atoms with Gasteiger partial charge < -0.3 is 15.4 Å². The first-order valence-electron chi connectivity index (χ1n) is 10.4. The fraction of sp³-hybridized carbons (Fsp3) is 0.364. The first-order chi connectivity index (χ1) is 15.7. The highest BCUT2D eigenvalue weighted by Gasteiger charge is 2.35. The number of nitrogens with zero attached hydrogens (tertiary/aromatic N) is 1. The molecule has 178 valence electrons. The molecule has 8 nitrogen and oxygen atoms in total. The molecule has 0 saturated carbocycles. The lowest BCUT2D eigenvalue weighted by Gasteiger charge is -2.34. The number of carbonyl (C=O) groups is 2. The van der Waals surface area contributed by atoms with Gasteiger partial charge in [0.2, 0.25) is 10.0 Å². The lowest BCUT2D eigenvalue weighted by molar-refractivity contribution is -0.140. The smallest absolute Gasteiger partial charge is 0.309 e. The van der Waals surface area contributed by atoms with Crippen LogP contribution in [-0.4, -0.2) is 57.0 Å². The molecule has 0 bridgehead atoms. The molecule has 2 amide bonds. The van der Waals surface area contributed by atoms with E-state index in [1.54, 1.807) is 12.1 Å². The largest absolute Gasteiger partial charge is 0.360 e. The van der Waals surface area contributed by atoms with Crippen LogP contribution in [0.2, 0.25) is 5.02 Å². The van der Waals surface area contributed by atoms with E-state index in [1.165, 1.54) is 13.0 Å². The highest BCUT2D eigenvalue weighted by atomic mass is 35.5. The van der Waals surface area contributed by atoms with Crippen molar-refractivity contribution in [1.29, 1.82) is 0 Å². The molecule has 1 atom stereocenters. The van der Waals surface area contributed by atoms with Crippen LogP contribution >= 0.6 is 11.6 Å². The molecule has 1 unspecified atom stereocenters. The second-order valence-electron chi connectivity index (χ2n) is 7.55. The number of ether oxygens (including phenoxy) is 1. The van der Waals surface area contributed by atoms with Crippen LogP contribution in [0, 0.1) is 12.7 Å². The number of aryl methyl sites for hydroxylation is 1. The summed E-state index contributed by atoms with van der Waals surface area (Å²) in [7, 11) is -3.99. The van der Waals surface area contributed by atoms with Crippen LogP contribution in [-0.2, 0) is 30.8 Å². The Hall–Kier alpha value is -2.53. The highest BCUT2D eigenvalue weighted by molar-refractivity contribution is 7.89. The molecule has 0 aliphatic carbocycles. The molecule has 11 heteroatoms. The van der Waals surface area contributed by atoms with Crippen molar-refractivity contribution in [2.75, 3.05) is 26.2 Å². The van der Waals surface area contributed by atoms with Gasteiger partial charge in [-0.2, -0.15) is 4.31 Å². The maximum atomic E-state index is 13.4. The fourth-order valence-electron chi connectivity index (χ4n) is 3.44. The van der Waals surface area contributed by atoms with E-state index in [0.29, 0.717) is 24.5 Å². The maximum absolute atomic E-state index is 13.4. The van der Waals surface area contributed by atoms with Gasteiger partial charge in [-0.1, -0.05) is 23.7 Å². The van der Waals surface area contributed by atoms with Gasteiger partial charge in [-0.05, 0) is 61.2 Å². The van der Waals surface area contributed by atoms with Gasteiger partial charge in [0.05, 0.1) is 18.0 Å². The molecule has 1 aliphatic rings. The van der Waals surface area contributed by atoms with Gasteiger partial charge in [0.15, 0.2) is 0 Å². The van der Waals surface area contributed by atoms with Gasteiger partial charge in [-0.15, -0.1) is 0 Å².